The summed E-state index contributed by atoms with van der Waals surface area (Å²) in [5, 5.41) is 6.35. The van der Waals surface area contributed by atoms with Crippen molar-refractivity contribution in [3.8, 4) is 0 Å². The quantitative estimate of drug-likeness (QED) is 0.368. The Kier molecular flexibility index (Phi) is 8.54. The van der Waals surface area contributed by atoms with Crippen molar-refractivity contribution < 1.29 is 0 Å². The van der Waals surface area contributed by atoms with Crippen molar-refractivity contribution in [3.63, 3.8) is 0 Å². The molecule has 0 unspecified atom stereocenters. The molecule has 0 aromatic carbocycles. The zero-order valence-corrected chi connectivity index (χ0v) is 12.8. The highest BCUT2D eigenvalue weighted by Gasteiger charge is 1.98. The molecule has 0 aliphatic carbocycles. The lowest BCUT2D eigenvalue weighted by molar-refractivity contribution is 0.704. The van der Waals surface area contributed by atoms with E-state index in [4.69, 9.17) is 5.73 Å². The number of aryl methyl sites for hydroxylation is 2. The molecule has 4 nitrogen and oxygen atoms in total. The van der Waals surface area contributed by atoms with E-state index in [1.54, 1.807) is 18.4 Å². The van der Waals surface area contributed by atoms with Gasteiger partial charge < -0.3 is 11.1 Å². The van der Waals surface area contributed by atoms with E-state index in [1.807, 2.05) is 6.92 Å². The van der Waals surface area contributed by atoms with Crippen LogP contribution in [0.4, 0.5) is 0 Å². The molecule has 0 aliphatic heterocycles. The van der Waals surface area contributed by atoms with Crippen LogP contribution in [0.25, 0.3) is 0 Å². The molecule has 1 rings (SSSR count). The normalized spacial score (nSPS) is 11.0. The number of guanidine groups is 1. The monoisotopic (exact) mass is 354 g/mol. The molecule has 0 saturated heterocycles. The van der Waals surface area contributed by atoms with E-state index in [0.717, 1.165) is 31.5 Å². The lowest BCUT2D eigenvalue weighted by Crippen LogP contribution is -2.32. The fourth-order valence-electron chi connectivity index (χ4n) is 1.21. The smallest absolute Gasteiger partial charge is 0.188 e. The van der Waals surface area contributed by atoms with E-state index < -0.39 is 0 Å². The molecule has 1 aromatic rings. The average Bonchev–Trinajstić information content (AvgIpc) is 2.63. The molecule has 0 fully saturated rings. The first kappa shape index (κ1) is 15.6. The zero-order valence-electron chi connectivity index (χ0n) is 9.69. The Labute approximate surface area is 118 Å². The van der Waals surface area contributed by atoms with Crippen LogP contribution in [0.2, 0.25) is 0 Å². The molecular weight excluding hydrogens is 335 g/mol. The summed E-state index contributed by atoms with van der Waals surface area (Å²) in [6.07, 6.45) is 3.29. The minimum atomic E-state index is 0. The summed E-state index contributed by atoms with van der Waals surface area (Å²) in [6, 6.07) is 0. The van der Waals surface area contributed by atoms with Crippen LogP contribution in [0.3, 0.4) is 0 Å². The Balaban J connectivity index is 0.00000225. The maximum absolute atomic E-state index is 5.50. The third kappa shape index (κ3) is 6.26. The fourth-order valence-corrected chi connectivity index (χ4v) is 2.03. The maximum atomic E-state index is 5.50. The van der Waals surface area contributed by atoms with Crippen LogP contribution in [0, 0.1) is 6.92 Å². The summed E-state index contributed by atoms with van der Waals surface area (Å²) < 4.78 is 0. The van der Waals surface area contributed by atoms with Crippen molar-refractivity contribution in [3.05, 3.63) is 16.1 Å². The van der Waals surface area contributed by atoms with Gasteiger partial charge in [-0.05, 0) is 26.2 Å². The van der Waals surface area contributed by atoms with Crippen molar-refractivity contribution in [1.29, 1.82) is 0 Å². The summed E-state index contributed by atoms with van der Waals surface area (Å²) in [5.74, 6) is 0.514. The van der Waals surface area contributed by atoms with Crippen LogP contribution in [0.5, 0.6) is 0 Å². The first-order valence-electron chi connectivity index (χ1n) is 5.09. The van der Waals surface area contributed by atoms with Crippen LogP contribution in [-0.4, -0.2) is 24.5 Å². The number of rotatable bonds is 5. The van der Waals surface area contributed by atoms with Crippen molar-refractivity contribution >= 4 is 41.3 Å². The zero-order chi connectivity index (χ0) is 11.1. The molecule has 0 atom stereocenters. The standard InChI is InChI=1S/C10H18N4S.HI/c1-8-7-15-9(14-8)5-3-4-6-13-10(11)12-2;/h7H,3-6H2,1-2H3,(H3,11,12,13);1H. The van der Waals surface area contributed by atoms with E-state index >= 15 is 0 Å². The molecule has 6 heteroatoms. The number of hydrogen-bond donors (Lipinski definition) is 2. The molecule has 1 aromatic heterocycles. The largest absolute Gasteiger partial charge is 0.370 e. The summed E-state index contributed by atoms with van der Waals surface area (Å²) >= 11 is 1.74. The van der Waals surface area contributed by atoms with Gasteiger partial charge in [0.2, 0.25) is 0 Å². The second kappa shape index (κ2) is 8.74. The SMILES string of the molecule is CN=C(N)NCCCCc1nc(C)cs1.I. The van der Waals surface area contributed by atoms with Gasteiger partial charge in [0.1, 0.15) is 0 Å². The molecule has 16 heavy (non-hydrogen) atoms. The molecule has 0 aliphatic rings. The second-order valence-electron chi connectivity index (χ2n) is 3.38. The Bertz CT molecular complexity index is 324. The van der Waals surface area contributed by atoms with Gasteiger partial charge >= 0.3 is 0 Å². The van der Waals surface area contributed by atoms with Gasteiger partial charge in [0.15, 0.2) is 5.96 Å². The highest BCUT2D eigenvalue weighted by Crippen LogP contribution is 2.11. The third-order valence-electron chi connectivity index (χ3n) is 2.03. The summed E-state index contributed by atoms with van der Waals surface area (Å²) in [4.78, 5) is 8.23. The van der Waals surface area contributed by atoms with Crippen LogP contribution < -0.4 is 11.1 Å². The minimum absolute atomic E-state index is 0. The van der Waals surface area contributed by atoms with Crippen molar-refractivity contribution in [1.82, 2.24) is 10.3 Å². The molecular formula is C10H19IN4S. The van der Waals surface area contributed by atoms with Crippen LogP contribution in [-0.2, 0) is 6.42 Å². The van der Waals surface area contributed by atoms with Gasteiger partial charge in [0.05, 0.1) is 5.01 Å². The molecule has 3 N–H and O–H groups in total. The number of unbranched alkanes of at least 4 members (excludes halogenated alkanes) is 1. The van der Waals surface area contributed by atoms with Crippen molar-refractivity contribution in [2.45, 2.75) is 26.2 Å². The van der Waals surface area contributed by atoms with Crippen LogP contribution in [0.15, 0.2) is 10.4 Å². The lowest BCUT2D eigenvalue weighted by atomic mass is 10.2. The fraction of sp³-hybridized carbons (Fsp3) is 0.600. The molecule has 1 heterocycles. The highest BCUT2D eigenvalue weighted by atomic mass is 127. The number of halogens is 1. The topological polar surface area (TPSA) is 63.3 Å². The van der Waals surface area contributed by atoms with Gasteiger partial charge in [-0.15, -0.1) is 35.3 Å². The van der Waals surface area contributed by atoms with E-state index in [2.05, 4.69) is 20.7 Å². The minimum Gasteiger partial charge on any atom is -0.370 e. The number of thiazole rings is 1. The molecule has 0 spiro atoms. The van der Waals surface area contributed by atoms with Gasteiger partial charge in [0.25, 0.3) is 0 Å². The summed E-state index contributed by atoms with van der Waals surface area (Å²) in [5.41, 5.74) is 6.62. The molecule has 0 amide bonds. The van der Waals surface area contributed by atoms with E-state index in [9.17, 15) is 0 Å². The average molecular weight is 354 g/mol. The first-order valence-corrected chi connectivity index (χ1v) is 5.97. The van der Waals surface area contributed by atoms with Crippen LogP contribution >= 0.6 is 35.3 Å². The van der Waals surface area contributed by atoms with E-state index in [0.29, 0.717) is 5.96 Å². The predicted octanol–water partition coefficient (Wildman–Crippen LogP) is 1.93. The number of nitrogens with zero attached hydrogens (tertiary/aromatic N) is 2. The maximum Gasteiger partial charge on any atom is 0.188 e. The lowest BCUT2D eigenvalue weighted by Gasteiger charge is -2.03. The highest BCUT2D eigenvalue weighted by molar-refractivity contribution is 14.0. The summed E-state index contributed by atoms with van der Waals surface area (Å²) in [6.45, 7) is 2.91. The number of hydrogen-bond acceptors (Lipinski definition) is 3. The van der Waals surface area contributed by atoms with Crippen molar-refractivity contribution in [2.24, 2.45) is 10.7 Å². The summed E-state index contributed by atoms with van der Waals surface area (Å²) in [7, 11) is 1.68. The van der Waals surface area contributed by atoms with Crippen molar-refractivity contribution in [2.75, 3.05) is 13.6 Å². The Morgan fingerprint density at radius 1 is 1.56 bits per heavy atom. The van der Waals surface area contributed by atoms with Gasteiger partial charge in [-0.2, -0.15) is 0 Å². The molecule has 0 bridgehead atoms. The van der Waals surface area contributed by atoms with Gasteiger partial charge in [-0.1, -0.05) is 0 Å². The number of aromatic nitrogens is 1. The molecule has 0 radical (unpaired) electrons. The van der Waals surface area contributed by atoms with E-state index in [1.165, 1.54) is 5.01 Å². The van der Waals surface area contributed by atoms with Gasteiger partial charge in [-0.3, -0.25) is 4.99 Å². The third-order valence-corrected chi connectivity index (χ3v) is 3.06. The number of nitrogens with two attached hydrogens (primary N) is 1. The number of nitrogens with one attached hydrogen (secondary N) is 1. The number of aliphatic imine (C=N–C) groups is 1. The second-order valence-corrected chi connectivity index (χ2v) is 4.32. The van der Waals surface area contributed by atoms with E-state index in [-0.39, 0.29) is 24.0 Å². The van der Waals surface area contributed by atoms with Gasteiger partial charge in [-0.25, -0.2) is 4.98 Å². The van der Waals surface area contributed by atoms with Gasteiger partial charge in [0, 0.05) is 24.7 Å². The molecule has 92 valence electrons. The Morgan fingerprint density at radius 2 is 2.31 bits per heavy atom. The predicted molar refractivity (Wildman–Crippen MR) is 80.8 cm³/mol. The Hall–Kier alpha value is -0.370. The first-order chi connectivity index (χ1) is 7.22. The Morgan fingerprint density at radius 3 is 2.88 bits per heavy atom. The molecule has 0 saturated carbocycles. The van der Waals surface area contributed by atoms with Crippen LogP contribution in [0.1, 0.15) is 23.5 Å².